The summed E-state index contributed by atoms with van der Waals surface area (Å²) < 4.78 is 5.14. The van der Waals surface area contributed by atoms with Crippen LogP contribution in [0, 0.1) is 0 Å². The first-order chi connectivity index (χ1) is 9.26. The minimum atomic E-state index is 0.566. The van der Waals surface area contributed by atoms with Crippen LogP contribution in [0.2, 0.25) is 0 Å². The van der Waals surface area contributed by atoms with Crippen LogP contribution >= 0.6 is 22.7 Å². The highest BCUT2D eigenvalue weighted by molar-refractivity contribution is 7.15. The van der Waals surface area contributed by atoms with Crippen molar-refractivity contribution in [1.82, 2.24) is 9.97 Å². The molecule has 0 saturated carbocycles. The summed E-state index contributed by atoms with van der Waals surface area (Å²) in [7, 11) is 1.66. The summed E-state index contributed by atoms with van der Waals surface area (Å²) in [5, 5.41) is 5.40. The van der Waals surface area contributed by atoms with Gasteiger partial charge >= 0.3 is 0 Å². The smallest absolute Gasteiger partial charge is 0.180 e. The number of nitrogens with zero attached hydrogens (tertiary/aromatic N) is 2. The summed E-state index contributed by atoms with van der Waals surface area (Å²) in [5.74, 6) is 0.839. The molecule has 0 unspecified atom stereocenters. The van der Waals surface area contributed by atoms with E-state index in [0.717, 1.165) is 27.7 Å². The highest BCUT2D eigenvalue weighted by Gasteiger charge is 2.09. The number of nitrogens with two attached hydrogens (primary N) is 1. The zero-order chi connectivity index (χ0) is 13.2. The molecule has 0 saturated heterocycles. The van der Waals surface area contributed by atoms with Crippen LogP contribution in [0.25, 0.3) is 22.0 Å². The molecule has 0 bridgehead atoms. The van der Waals surface area contributed by atoms with Crippen molar-refractivity contribution in [2.24, 2.45) is 0 Å². The molecular weight excluding hydrogens is 278 g/mol. The molecule has 0 aliphatic heterocycles. The van der Waals surface area contributed by atoms with Crippen molar-refractivity contribution in [2.75, 3.05) is 12.8 Å². The van der Waals surface area contributed by atoms with Gasteiger partial charge in [-0.2, -0.15) is 0 Å². The molecule has 2 aromatic heterocycles. The van der Waals surface area contributed by atoms with Gasteiger partial charge in [0, 0.05) is 16.3 Å². The number of methoxy groups -OCH3 is 1. The van der Waals surface area contributed by atoms with Crippen molar-refractivity contribution in [3.63, 3.8) is 0 Å². The van der Waals surface area contributed by atoms with Crippen LogP contribution < -0.4 is 10.5 Å². The normalized spacial score (nSPS) is 10.6. The van der Waals surface area contributed by atoms with Crippen LogP contribution in [0.3, 0.4) is 0 Å². The summed E-state index contributed by atoms with van der Waals surface area (Å²) in [6.45, 7) is 0. The second-order valence-corrected chi connectivity index (χ2v) is 5.59. The maximum absolute atomic E-state index is 5.64. The van der Waals surface area contributed by atoms with E-state index in [2.05, 4.69) is 9.97 Å². The number of hydrogen-bond donors (Lipinski definition) is 1. The van der Waals surface area contributed by atoms with Gasteiger partial charge < -0.3 is 10.5 Å². The molecule has 0 aliphatic rings. The van der Waals surface area contributed by atoms with Crippen molar-refractivity contribution in [3.8, 4) is 27.7 Å². The molecule has 0 amide bonds. The second-order valence-electron chi connectivity index (χ2n) is 3.84. The predicted octanol–water partition coefficient (Wildman–Crippen LogP) is 3.52. The van der Waals surface area contributed by atoms with E-state index in [4.69, 9.17) is 10.5 Å². The van der Waals surface area contributed by atoms with E-state index in [9.17, 15) is 0 Å². The summed E-state index contributed by atoms with van der Waals surface area (Å²) in [6.07, 6.45) is 0. The predicted molar refractivity (Wildman–Crippen MR) is 79.6 cm³/mol. The van der Waals surface area contributed by atoms with Gasteiger partial charge in [-0.25, -0.2) is 9.97 Å². The standard InChI is InChI=1S/C13H11N3OS2/c1-17-9-4-2-8(3-5-9)10-6-18-12(15-10)11-7-19-13(14)16-11/h2-7H,1H3,(H2,14,16). The van der Waals surface area contributed by atoms with Crippen molar-refractivity contribution < 1.29 is 4.74 Å². The first-order valence-corrected chi connectivity index (χ1v) is 7.33. The van der Waals surface area contributed by atoms with Crippen LogP contribution in [-0.2, 0) is 0 Å². The van der Waals surface area contributed by atoms with Gasteiger partial charge in [0.05, 0.1) is 12.8 Å². The number of rotatable bonds is 3. The number of benzene rings is 1. The van der Waals surface area contributed by atoms with Gasteiger partial charge in [0.1, 0.15) is 16.5 Å². The summed E-state index contributed by atoms with van der Waals surface area (Å²) in [5.41, 5.74) is 8.48. The summed E-state index contributed by atoms with van der Waals surface area (Å²) in [6, 6.07) is 7.84. The van der Waals surface area contributed by atoms with E-state index in [1.165, 1.54) is 11.3 Å². The average Bonchev–Trinajstić information content (AvgIpc) is 3.07. The lowest BCUT2D eigenvalue weighted by molar-refractivity contribution is 0.415. The maximum atomic E-state index is 5.64. The quantitative estimate of drug-likeness (QED) is 0.801. The fraction of sp³-hybridized carbons (Fsp3) is 0.0769. The molecule has 19 heavy (non-hydrogen) atoms. The monoisotopic (exact) mass is 289 g/mol. The summed E-state index contributed by atoms with van der Waals surface area (Å²) >= 11 is 2.99. The second kappa shape index (κ2) is 4.99. The Hall–Kier alpha value is -1.92. The van der Waals surface area contributed by atoms with Gasteiger partial charge in [0.15, 0.2) is 5.13 Å². The molecule has 3 aromatic rings. The molecule has 1 aromatic carbocycles. The van der Waals surface area contributed by atoms with E-state index < -0.39 is 0 Å². The van der Waals surface area contributed by atoms with Gasteiger partial charge in [0.2, 0.25) is 0 Å². The largest absolute Gasteiger partial charge is 0.497 e. The Bertz CT molecular complexity index is 688. The number of nitrogen functional groups attached to an aromatic ring is 1. The Kier molecular flexibility index (Phi) is 3.18. The molecule has 0 radical (unpaired) electrons. The van der Waals surface area contributed by atoms with Crippen LogP contribution in [0.5, 0.6) is 5.75 Å². The number of hydrogen-bond acceptors (Lipinski definition) is 6. The van der Waals surface area contributed by atoms with Crippen molar-refractivity contribution >= 4 is 27.8 Å². The van der Waals surface area contributed by atoms with Gasteiger partial charge in [-0.15, -0.1) is 22.7 Å². The summed E-state index contributed by atoms with van der Waals surface area (Å²) in [4.78, 5) is 8.83. The van der Waals surface area contributed by atoms with Crippen LogP contribution in [0.15, 0.2) is 35.0 Å². The Morgan fingerprint density at radius 1 is 1.00 bits per heavy atom. The van der Waals surface area contributed by atoms with E-state index in [0.29, 0.717) is 5.13 Å². The van der Waals surface area contributed by atoms with Crippen molar-refractivity contribution in [2.45, 2.75) is 0 Å². The fourth-order valence-electron chi connectivity index (χ4n) is 1.67. The first-order valence-electron chi connectivity index (χ1n) is 5.57. The molecule has 96 valence electrons. The highest BCUT2D eigenvalue weighted by Crippen LogP contribution is 2.30. The third-order valence-electron chi connectivity index (χ3n) is 2.63. The lowest BCUT2D eigenvalue weighted by atomic mass is 10.2. The third-order valence-corrected chi connectivity index (χ3v) is 4.17. The molecule has 0 atom stereocenters. The highest BCUT2D eigenvalue weighted by atomic mass is 32.1. The molecule has 0 aliphatic carbocycles. The van der Waals surface area contributed by atoms with Gasteiger partial charge in [0.25, 0.3) is 0 Å². The Balaban J connectivity index is 1.91. The lowest BCUT2D eigenvalue weighted by Gasteiger charge is -2.00. The fourth-order valence-corrected chi connectivity index (χ4v) is 3.08. The van der Waals surface area contributed by atoms with Gasteiger partial charge in [-0.3, -0.25) is 0 Å². The molecule has 4 nitrogen and oxygen atoms in total. The third kappa shape index (κ3) is 2.45. The number of ether oxygens (including phenoxy) is 1. The number of anilines is 1. The number of thiazole rings is 2. The molecule has 6 heteroatoms. The Morgan fingerprint density at radius 3 is 2.37 bits per heavy atom. The van der Waals surface area contributed by atoms with Crippen LogP contribution in [0.1, 0.15) is 0 Å². The Morgan fingerprint density at radius 2 is 1.74 bits per heavy atom. The molecule has 0 spiro atoms. The minimum Gasteiger partial charge on any atom is -0.497 e. The van der Waals surface area contributed by atoms with Crippen molar-refractivity contribution in [3.05, 3.63) is 35.0 Å². The molecule has 0 fully saturated rings. The zero-order valence-electron chi connectivity index (χ0n) is 10.2. The maximum Gasteiger partial charge on any atom is 0.180 e. The van der Waals surface area contributed by atoms with E-state index >= 15 is 0 Å². The van der Waals surface area contributed by atoms with Crippen molar-refractivity contribution in [1.29, 1.82) is 0 Å². The average molecular weight is 289 g/mol. The minimum absolute atomic E-state index is 0.566. The van der Waals surface area contributed by atoms with E-state index in [1.807, 2.05) is 35.0 Å². The van der Waals surface area contributed by atoms with E-state index in [1.54, 1.807) is 18.4 Å². The molecule has 2 heterocycles. The first kappa shape index (κ1) is 12.1. The Labute approximate surface area is 118 Å². The topological polar surface area (TPSA) is 61.0 Å². The van der Waals surface area contributed by atoms with E-state index in [-0.39, 0.29) is 0 Å². The van der Waals surface area contributed by atoms with Crippen LogP contribution in [0.4, 0.5) is 5.13 Å². The van der Waals surface area contributed by atoms with Gasteiger partial charge in [-0.05, 0) is 24.3 Å². The van der Waals surface area contributed by atoms with Gasteiger partial charge in [-0.1, -0.05) is 0 Å². The SMILES string of the molecule is COc1ccc(-c2csc(-c3csc(N)n3)n2)cc1. The number of aromatic nitrogens is 2. The lowest BCUT2D eigenvalue weighted by Crippen LogP contribution is -1.84. The zero-order valence-corrected chi connectivity index (χ0v) is 11.8. The van der Waals surface area contributed by atoms with Crippen LogP contribution in [-0.4, -0.2) is 17.1 Å². The molecule has 2 N–H and O–H groups in total. The molecular formula is C13H11N3OS2. The molecule has 3 rings (SSSR count).